The third kappa shape index (κ3) is 4.61. The van der Waals surface area contributed by atoms with Crippen LogP contribution in [-0.4, -0.2) is 42.3 Å². The molecule has 2 N–H and O–H groups in total. The van der Waals surface area contributed by atoms with E-state index in [-0.39, 0.29) is 0 Å². The summed E-state index contributed by atoms with van der Waals surface area (Å²) < 4.78 is 5.14. The van der Waals surface area contributed by atoms with E-state index in [0.717, 1.165) is 25.2 Å². The molecule has 1 unspecified atom stereocenters. The van der Waals surface area contributed by atoms with Crippen molar-refractivity contribution >= 4 is 0 Å². The van der Waals surface area contributed by atoms with Crippen molar-refractivity contribution in [1.29, 1.82) is 0 Å². The number of methoxy groups -OCH3 is 1. The molecule has 1 aromatic rings. The first-order chi connectivity index (χ1) is 10.1. The second-order valence-corrected chi connectivity index (χ2v) is 6.16. The molecule has 0 spiro atoms. The summed E-state index contributed by atoms with van der Waals surface area (Å²) in [5.41, 5.74) is 0.959. The predicted molar refractivity (Wildman–Crippen MR) is 85.8 cm³/mol. The van der Waals surface area contributed by atoms with Crippen molar-refractivity contribution in [2.75, 3.05) is 20.2 Å². The molecule has 1 fully saturated rings. The summed E-state index contributed by atoms with van der Waals surface area (Å²) in [6, 6.07) is 6.58. The standard InChI is InChI=1S/C17H28N2O2/c1-13(2)19(12-15-6-4-5-9-18-15)11-14-7-8-16(21-3)10-17(14)20/h7-8,10,13,15,18,20H,4-6,9,11-12H2,1-3H3. The van der Waals surface area contributed by atoms with Gasteiger partial charge in [-0.15, -0.1) is 0 Å². The van der Waals surface area contributed by atoms with Gasteiger partial charge in [-0.3, -0.25) is 4.90 Å². The number of rotatable bonds is 6. The molecule has 4 nitrogen and oxygen atoms in total. The molecule has 1 aliphatic rings. The Bertz CT molecular complexity index is 442. The van der Waals surface area contributed by atoms with Crippen LogP contribution in [0.3, 0.4) is 0 Å². The zero-order valence-corrected chi connectivity index (χ0v) is 13.4. The first-order valence-electron chi connectivity index (χ1n) is 7.93. The highest BCUT2D eigenvalue weighted by atomic mass is 16.5. The maximum absolute atomic E-state index is 10.1. The molecule has 1 heterocycles. The third-order valence-corrected chi connectivity index (χ3v) is 4.26. The Hall–Kier alpha value is -1.26. The number of phenols is 1. The van der Waals surface area contributed by atoms with Crippen molar-refractivity contribution in [2.45, 2.75) is 51.7 Å². The van der Waals surface area contributed by atoms with Crippen molar-refractivity contribution in [3.05, 3.63) is 23.8 Å². The first kappa shape index (κ1) is 16.1. The lowest BCUT2D eigenvalue weighted by atomic mass is 10.0. The van der Waals surface area contributed by atoms with E-state index in [0.29, 0.717) is 23.6 Å². The lowest BCUT2D eigenvalue weighted by Gasteiger charge is -2.33. The molecule has 4 heteroatoms. The van der Waals surface area contributed by atoms with Crippen LogP contribution in [0.4, 0.5) is 0 Å². The van der Waals surface area contributed by atoms with Crippen LogP contribution >= 0.6 is 0 Å². The van der Waals surface area contributed by atoms with E-state index >= 15 is 0 Å². The Kier molecular flexibility index (Phi) is 5.88. The Morgan fingerprint density at radius 2 is 2.19 bits per heavy atom. The molecule has 0 radical (unpaired) electrons. The molecule has 21 heavy (non-hydrogen) atoms. The number of hydrogen-bond acceptors (Lipinski definition) is 4. The van der Waals surface area contributed by atoms with Crippen LogP contribution in [0.1, 0.15) is 38.7 Å². The van der Waals surface area contributed by atoms with E-state index < -0.39 is 0 Å². The quantitative estimate of drug-likeness (QED) is 0.846. The second kappa shape index (κ2) is 7.66. The van der Waals surface area contributed by atoms with Crippen LogP contribution in [0.25, 0.3) is 0 Å². The number of nitrogens with one attached hydrogen (secondary N) is 1. The van der Waals surface area contributed by atoms with Crippen LogP contribution < -0.4 is 10.1 Å². The van der Waals surface area contributed by atoms with E-state index in [1.165, 1.54) is 19.3 Å². The van der Waals surface area contributed by atoms with Gasteiger partial charge >= 0.3 is 0 Å². The van der Waals surface area contributed by atoms with Crippen LogP contribution in [0.5, 0.6) is 11.5 Å². The minimum atomic E-state index is 0.316. The summed E-state index contributed by atoms with van der Waals surface area (Å²) in [5, 5.41) is 13.7. The number of benzene rings is 1. The van der Waals surface area contributed by atoms with Gasteiger partial charge < -0.3 is 15.2 Å². The highest BCUT2D eigenvalue weighted by Gasteiger charge is 2.19. The SMILES string of the molecule is COc1ccc(CN(CC2CCCCN2)C(C)C)c(O)c1. The van der Waals surface area contributed by atoms with Crippen molar-refractivity contribution in [2.24, 2.45) is 0 Å². The highest BCUT2D eigenvalue weighted by molar-refractivity contribution is 5.39. The number of piperidine rings is 1. The summed E-state index contributed by atoms with van der Waals surface area (Å²) in [6.07, 6.45) is 3.85. The lowest BCUT2D eigenvalue weighted by Crippen LogP contribution is -2.45. The molecular formula is C17H28N2O2. The van der Waals surface area contributed by atoms with Gasteiger partial charge in [0, 0.05) is 36.8 Å². The summed E-state index contributed by atoms with van der Waals surface area (Å²) in [7, 11) is 1.61. The van der Waals surface area contributed by atoms with Gasteiger partial charge in [-0.2, -0.15) is 0 Å². The van der Waals surface area contributed by atoms with Gasteiger partial charge in [-0.05, 0) is 39.3 Å². The monoisotopic (exact) mass is 292 g/mol. The normalized spacial score (nSPS) is 19.2. The average Bonchev–Trinajstić information content (AvgIpc) is 2.49. The fourth-order valence-corrected chi connectivity index (χ4v) is 2.84. The van der Waals surface area contributed by atoms with Crippen molar-refractivity contribution < 1.29 is 9.84 Å². The topological polar surface area (TPSA) is 44.7 Å². The van der Waals surface area contributed by atoms with Gasteiger partial charge in [-0.1, -0.05) is 12.5 Å². The molecule has 118 valence electrons. The molecular weight excluding hydrogens is 264 g/mol. The molecule has 0 bridgehead atoms. The Morgan fingerprint density at radius 3 is 2.76 bits per heavy atom. The van der Waals surface area contributed by atoms with Gasteiger partial charge in [0.15, 0.2) is 0 Å². The Labute approximate surface area is 128 Å². The van der Waals surface area contributed by atoms with Gasteiger partial charge in [0.1, 0.15) is 11.5 Å². The Morgan fingerprint density at radius 1 is 1.38 bits per heavy atom. The smallest absolute Gasteiger partial charge is 0.123 e. The number of ether oxygens (including phenoxy) is 1. The third-order valence-electron chi connectivity index (χ3n) is 4.26. The molecule has 1 aromatic carbocycles. The average molecular weight is 292 g/mol. The van der Waals surface area contributed by atoms with Gasteiger partial charge in [-0.25, -0.2) is 0 Å². The van der Waals surface area contributed by atoms with E-state index in [9.17, 15) is 5.11 Å². The Balaban J connectivity index is 2.01. The van der Waals surface area contributed by atoms with E-state index in [4.69, 9.17) is 4.74 Å². The first-order valence-corrected chi connectivity index (χ1v) is 7.93. The molecule has 1 saturated heterocycles. The van der Waals surface area contributed by atoms with E-state index in [2.05, 4.69) is 24.1 Å². The summed E-state index contributed by atoms with van der Waals surface area (Å²) in [5.74, 6) is 1.01. The molecule has 1 aliphatic heterocycles. The van der Waals surface area contributed by atoms with Gasteiger partial charge in [0.05, 0.1) is 7.11 Å². The van der Waals surface area contributed by atoms with Crippen LogP contribution in [0, 0.1) is 0 Å². The number of nitrogens with zero attached hydrogens (tertiary/aromatic N) is 1. The molecule has 2 rings (SSSR count). The maximum atomic E-state index is 10.1. The van der Waals surface area contributed by atoms with E-state index in [1.807, 2.05) is 12.1 Å². The number of phenolic OH excluding ortho intramolecular Hbond substituents is 1. The fraction of sp³-hybridized carbons (Fsp3) is 0.647. The molecule has 0 saturated carbocycles. The molecule has 0 amide bonds. The summed E-state index contributed by atoms with van der Waals surface area (Å²) in [4.78, 5) is 2.42. The van der Waals surface area contributed by atoms with Crippen molar-refractivity contribution in [1.82, 2.24) is 10.2 Å². The largest absolute Gasteiger partial charge is 0.507 e. The lowest BCUT2D eigenvalue weighted by molar-refractivity contribution is 0.175. The summed E-state index contributed by atoms with van der Waals surface area (Å²) >= 11 is 0. The van der Waals surface area contributed by atoms with Gasteiger partial charge in [0.2, 0.25) is 0 Å². The van der Waals surface area contributed by atoms with Gasteiger partial charge in [0.25, 0.3) is 0 Å². The molecule has 1 atom stereocenters. The minimum Gasteiger partial charge on any atom is -0.507 e. The van der Waals surface area contributed by atoms with Crippen LogP contribution in [-0.2, 0) is 6.54 Å². The van der Waals surface area contributed by atoms with E-state index in [1.54, 1.807) is 13.2 Å². The molecule has 0 aliphatic carbocycles. The maximum Gasteiger partial charge on any atom is 0.123 e. The van der Waals surface area contributed by atoms with Crippen molar-refractivity contribution in [3.63, 3.8) is 0 Å². The van der Waals surface area contributed by atoms with Crippen LogP contribution in [0.15, 0.2) is 18.2 Å². The highest BCUT2D eigenvalue weighted by Crippen LogP contribution is 2.25. The second-order valence-electron chi connectivity index (χ2n) is 6.16. The van der Waals surface area contributed by atoms with Crippen LogP contribution in [0.2, 0.25) is 0 Å². The minimum absolute atomic E-state index is 0.316. The zero-order valence-electron chi connectivity index (χ0n) is 13.4. The fourth-order valence-electron chi connectivity index (χ4n) is 2.84. The van der Waals surface area contributed by atoms with Crippen molar-refractivity contribution in [3.8, 4) is 11.5 Å². The summed E-state index contributed by atoms with van der Waals surface area (Å²) in [6.45, 7) is 7.35. The predicted octanol–water partition coefficient (Wildman–Crippen LogP) is 2.75. The molecule has 0 aromatic heterocycles. The number of hydrogen-bond donors (Lipinski definition) is 2. The number of aromatic hydroxyl groups is 1. The zero-order chi connectivity index (χ0) is 15.2.